The van der Waals surface area contributed by atoms with Gasteiger partial charge in [-0.15, -0.1) is 0 Å². The SMILES string of the molecule is COc1ccc(C2CCC(CN(C(=O)C3CCCCC3)c3cccc(C(C=NC4CC4)=CN)c3)CC2)nc1C. The van der Waals surface area contributed by atoms with Crippen molar-refractivity contribution in [2.45, 2.75) is 89.5 Å². The number of rotatable bonds is 9. The van der Waals surface area contributed by atoms with E-state index < -0.39 is 0 Å². The number of nitrogens with zero attached hydrogens (tertiary/aromatic N) is 3. The number of allylic oxidation sites excluding steroid dienone is 1. The summed E-state index contributed by atoms with van der Waals surface area (Å²) in [5, 5.41) is 0. The summed E-state index contributed by atoms with van der Waals surface area (Å²) in [6.07, 6.45) is 15.8. The number of benzene rings is 1. The first-order valence-corrected chi connectivity index (χ1v) is 14.9. The summed E-state index contributed by atoms with van der Waals surface area (Å²) in [6.45, 7) is 2.79. The fourth-order valence-corrected chi connectivity index (χ4v) is 6.28. The largest absolute Gasteiger partial charge is 0.495 e. The van der Waals surface area contributed by atoms with E-state index in [1.165, 1.54) is 12.1 Å². The first-order chi connectivity index (χ1) is 19.1. The minimum atomic E-state index is 0.131. The van der Waals surface area contributed by atoms with Gasteiger partial charge in [0, 0.05) is 47.7 Å². The zero-order chi connectivity index (χ0) is 27.2. The summed E-state index contributed by atoms with van der Waals surface area (Å²) in [5.41, 5.74) is 11.0. The van der Waals surface area contributed by atoms with Crippen LogP contribution in [0.15, 0.2) is 47.6 Å². The lowest BCUT2D eigenvalue weighted by atomic mass is 9.79. The Labute approximate surface area is 233 Å². The fourth-order valence-electron chi connectivity index (χ4n) is 6.28. The highest BCUT2D eigenvalue weighted by atomic mass is 16.5. The van der Waals surface area contributed by atoms with Crippen LogP contribution in [-0.2, 0) is 4.79 Å². The molecule has 0 atom stereocenters. The predicted octanol–water partition coefficient (Wildman–Crippen LogP) is 6.82. The number of anilines is 1. The molecule has 0 bridgehead atoms. The molecule has 2 N–H and O–H groups in total. The minimum absolute atomic E-state index is 0.131. The normalized spacial score (nSPS) is 22.7. The van der Waals surface area contributed by atoms with E-state index in [-0.39, 0.29) is 5.92 Å². The van der Waals surface area contributed by atoms with Crippen molar-refractivity contribution in [3.05, 3.63) is 59.5 Å². The first kappa shape index (κ1) is 27.4. The molecule has 0 unspecified atom stereocenters. The van der Waals surface area contributed by atoms with Gasteiger partial charge in [-0.05, 0) is 94.0 Å². The Hall–Kier alpha value is -3.15. The van der Waals surface area contributed by atoms with Gasteiger partial charge in [0.25, 0.3) is 0 Å². The number of carbonyl (C=O) groups excluding carboxylic acids is 1. The predicted molar refractivity (Wildman–Crippen MR) is 159 cm³/mol. The average molecular weight is 529 g/mol. The minimum Gasteiger partial charge on any atom is -0.495 e. The lowest BCUT2D eigenvalue weighted by molar-refractivity contribution is -0.123. The lowest BCUT2D eigenvalue weighted by Gasteiger charge is -2.35. The number of aliphatic imine (C=N–C) groups is 1. The number of pyridine rings is 1. The first-order valence-electron chi connectivity index (χ1n) is 14.9. The van der Waals surface area contributed by atoms with Crippen LogP contribution in [-0.4, -0.2) is 36.8 Å². The summed E-state index contributed by atoms with van der Waals surface area (Å²) in [6, 6.07) is 12.9. The number of aromatic nitrogens is 1. The van der Waals surface area contributed by atoms with Gasteiger partial charge in [0.05, 0.1) is 18.8 Å². The number of ether oxygens (including phenoxy) is 1. The molecule has 0 spiro atoms. The molecule has 1 aromatic carbocycles. The quantitative estimate of drug-likeness (QED) is 0.362. The van der Waals surface area contributed by atoms with Crippen LogP contribution in [0.4, 0.5) is 5.69 Å². The monoisotopic (exact) mass is 528 g/mol. The van der Waals surface area contributed by atoms with Crippen molar-refractivity contribution in [3.63, 3.8) is 0 Å². The van der Waals surface area contributed by atoms with E-state index in [9.17, 15) is 4.79 Å². The highest BCUT2D eigenvalue weighted by molar-refractivity contribution is 6.10. The van der Waals surface area contributed by atoms with E-state index in [4.69, 9.17) is 15.5 Å². The van der Waals surface area contributed by atoms with Gasteiger partial charge in [-0.2, -0.15) is 0 Å². The van der Waals surface area contributed by atoms with Gasteiger partial charge in [0.15, 0.2) is 0 Å². The number of nitrogens with two attached hydrogens (primary N) is 1. The Bertz CT molecular complexity index is 1190. The van der Waals surface area contributed by atoms with Gasteiger partial charge in [-0.1, -0.05) is 31.4 Å². The molecule has 208 valence electrons. The molecule has 3 aliphatic carbocycles. The zero-order valence-corrected chi connectivity index (χ0v) is 23.6. The molecule has 39 heavy (non-hydrogen) atoms. The number of hydrogen-bond acceptors (Lipinski definition) is 5. The third kappa shape index (κ3) is 6.90. The molecular weight excluding hydrogens is 484 g/mol. The van der Waals surface area contributed by atoms with Crippen LogP contribution in [0, 0.1) is 18.8 Å². The molecule has 2 aromatic rings. The maximum absolute atomic E-state index is 14.0. The van der Waals surface area contributed by atoms with E-state index in [1.807, 2.05) is 19.2 Å². The number of aryl methyl sites for hydroxylation is 1. The number of methoxy groups -OCH3 is 1. The van der Waals surface area contributed by atoms with Crippen molar-refractivity contribution in [2.24, 2.45) is 22.6 Å². The molecule has 6 nitrogen and oxygen atoms in total. The van der Waals surface area contributed by atoms with Gasteiger partial charge in [0.2, 0.25) is 5.91 Å². The van der Waals surface area contributed by atoms with Gasteiger partial charge >= 0.3 is 0 Å². The standard InChI is InChI=1S/C33H44N4O2/c1-23-32(39-2)18-17-31(36-23)25-13-11-24(12-14-25)22-37(33(38)26-7-4-3-5-8-26)30-10-6-9-27(19-30)28(20-34)21-35-29-15-16-29/h6,9-10,17-21,24-26,29H,3-5,7-8,11-16,22,34H2,1-2H3. The molecule has 5 rings (SSSR count). The highest BCUT2D eigenvalue weighted by Crippen LogP contribution is 2.38. The summed E-state index contributed by atoms with van der Waals surface area (Å²) in [7, 11) is 1.69. The highest BCUT2D eigenvalue weighted by Gasteiger charge is 2.31. The molecule has 6 heteroatoms. The molecule has 3 fully saturated rings. The van der Waals surface area contributed by atoms with Crippen molar-refractivity contribution >= 4 is 23.4 Å². The van der Waals surface area contributed by atoms with Crippen molar-refractivity contribution in [2.75, 3.05) is 18.6 Å². The molecular formula is C33H44N4O2. The maximum atomic E-state index is 14.0. The average Bonchev–Trinajstić information content (AvgIpc) is 3.81. The van der Waals surface area contributed by atoms with Gasteiger partial charge in [0.1, 0.15) is 5.75 Å². The smallest absolute Gasteiger partial charge is 0.230 e. The van der Waals surface area contributed by atoms with Gasteiger partial charge < -0.3 is 15.4 Å². The molecule has 0 saturated heterocycles. The zero-order valence-electron chi connectivity index (χ0n) is 23.6. The third-order valence-corrected chi connectivity index (χ3v) is 8.85. The van der Waals surface area contributed by atoms with Crippen LogP contribution in [0.2, 0.25) is 0 Å². The van der Waals surface area contributed by atoms with Crippen LogP contribution in [0.1, 0.15) is 93.5 Å². The van der Waals surface area contributed by atoms with Gasteiger partial charge in [-0.25, -0.2) is 0 Å². The third-order valence-electron chi connectivity index (χ3n) is 8.85. The molecule has 0 aliphatic heterocycles. The lowest BCUT2D eigenvalue weighted by Crippen LogP contribution is -2.41. The van der Waals surface area contributed by atoms with E-state index >= 15 is 0 Å². The second kappa shape index (κ2) is 12.8. The summed E-state index contributed by atoms with van der Waals surface area (Å²) >= 11 is 0. The Balaban J connectivity index is 1.32. The number of carbonyl (C=O) groups is 1. The van der Waals surface area contributed by atoms with Crippen LogP contribution in [0.25, 0.3) is 5.57 Å². The second-order valence-corrected chi connectivity index (χ2v) is 11.7. The van der Waals surface area contributed by atoms with Crippen LogP contribution < -0.4 is 15.4 Å². The molecule has 3 aliphatic rings. The molecule has 3 saturated carbocycles. The van der Waals surface area contributed by atoms with E-state index in [0.717, 1.165) is 99.0 Å². The van der Waals surface area contributed by atoms with Crippen molar-refractivity contribution in [3.8, 4) is 5.75 Å². The van der Waals surface area contributed by atoms with E-state index in [1.54, 1.807) is 13.3 Å². The van der Waals surface area contributed by atoms with Crippen molar-refractivity contribution < 1.29 is 9.53 Å². The second-order valence-electron chi connectivity index (χ2n) is 11.7. The number of hydrogen-bond donors (Lipinski definition) is 1. The Morgan fingerprint density at radius 2 is 1.82 bits per heavy atom. The molecule has 1 amide bonds. The topological polar surface area (TPSA) is 80.8 Å². The van der Waals surface area contributed by atoms with Crippen molar-refractivity contribution in [1.29, 1.82) is 0 Å². The van der Waals surface area contributed by atoms with Crippen molar-refractivity contribution in [1.82, 2.24) is 4.98 Å². The Morgan fingerprint density at radius 3 is 2.49 bits per heavy atom. The molecule has 1 aromatic heterocycles. The maximum Gasteiger partial charge on any atom is 0.230 e. The van der Waals surface area contributed by atoms with Crippen LogP contribution in [0.3, 0.4) is 0 Å². The summed E-state index contributed by atoms with van der Waals surface area (Å²) < 4.78 is 5.40. The number of amides is 1. The fraction of sp³-hybridized carbons (Fsp3) is 0.545. The summed E-state index contributed by atoms with van der Waals surface area (Å²) in [5.74, 6) is 2.23. The van der Waals surface area contributed by atoms with Crippen LogP contribution in [0.5, 0.6) is 5.75 Å². The Morgan fingerprint density at radius 1 is 1.05 bits per heavy atom. The molecule has 1 heterocycles. The van der Waals surface area contributed by atoms with E-state index in [0.29, 0.717) is 23.8 Å². The summed E-state index contributed by atoms with van der Waals surface area (Å²) in [4.78, 5) is 25.6. The van der Waals surface area contributed by atoms with E-state index in [2.05, 4.69) is 40.2 Å². The molecule has 0 radical (unpaired) electrons. The van der Waals surface area contributed by atoms with Gasteiger partial charge in [-0.3, -0.25) is 14.8 Å². The van der Waals surface area contributed by atoms with Crippen LogP contribution >= 0.6 is 0 Å². The Kier molecular flexibility index (Phi) is 9.00.